The number of carboxylic acid groups (broad SMARTS) is 1. The standard InChI is InChI=1S/C13H22N2O5/c16-9-7-11(12(17)18)15(8-9)13(19)14-5-6-20-10-3-1-2-4-10/h9-11,16H,1-8H2,(H,14,19)(H,17,18)/t9?,11-/m0/s1. The fraction of sp³-hybridized carbons (Fsp3) is 0.846. The van der Waals surface area contributed by atoms with Crippen LogP contribution in [0.15, 0.2) is 0 Å². The summed E-state index contributed by atoms with van der Waals surface area (Å²) in [5.74, 6) is -1.08. The van der Waals surface area contributed by atoms with Gasteiger partial charge < -0.3 is 25.2 Å². The van der Waals surface area contributed by atoms with E-state index >= 15 is 0 Å². The normalized spacial score (nSPS) is 26.9. The van der Waals surface area contributed by atoms with Gasteiger partial charge in [-0.1, -0.05) is 12.8 Å². The average Bonchev–Trinajstić information content (AvgIpc) is 3.03. The zero-order valence-electron chi connectivity index (χ0n) is 11.5. The van der Waals surface area contributed by atoms with Crippen LogP contribution < -0.4 is 5.32 Å². The van der Waals surface area contributed by atoms with Gasteiger partial charge in [-0.15, -0.1) is 0 Å². The largest absolute Gasteiger partial charge is 0.480 e. The van der Waals surface area contributed by atoms with Gasteiger partial charge in [0.1, 0.15) is 6.04 Å². The molecule has 7 nitrogen and oxygen atoms in total. The summed E-state index contributed by atoms with van der Waals surface area (Å²) in [7, 11) is 0. The van der Waals surface area contributed by atoms with Gasteiger partial charge in [0.2, 0.25) is 0 Å². The summed E-state index contributed by atoms with van der Waals surface area (Å²) >= 11 is 0. The SMILES string of the molecule is O=C(O)[C@@H]1CC(O)CN1C(=O)NCCOC1CCCC1. The summed E-state index contributed by atoms with van der Waals surface area (Å²) in [5, 5.41) is 21.1. The van der Waals surface area contributed by atoms with E-state index in [1.165, 1.54) is 17.7 Å². The number of nitrogens with one attached hydrogen (secondary N) is 1. The maximum absolute atomic E-state index is 11.9. The van der Waals surface area contributed by atoms with Gasteiger partial charge in [0.25, 0.3) is 0 Å². The molecule has 2 amide bonds. The fourth-order valence-electron chi connectivity index (χ4n) is 2.81. The predicted molar refractivity (Wildman–Crippen MR) is 70.4 cm³/mol. The van der Waals surface area contributed by atoms with E-state index in [2.05, 4.69) is 5.32 Å². The van der Waals surface area contributed by atoms with Crippen LogP contribution in [0.4, 0.5) is 4.79 Å². The first kappa shape index (κ1) is 15.1. The Morgan fingerprint density at radius 3 is 2.65 bits per heavy atom. The third-order valence-corrected chi connectivity index (χ3v) is 3.86. The summed E-state index contributed by atoms with van der Waals surface area (Å²) in [5.41, 5.74) is 0. The van der Waals surface area contributed by atoms with E-state index in [1.54, 1.807) is 0 Å². The van der Waals surface area contributed by atoms with Crippen LogP contribution in [0.1, 0.15) is 32.1 Å². The smallest absolute Gasteiger partial charge is 0.326 e. The number of likely N-dealkylation sites (tertiary alicyclic amines) is 1. The van der Waals surface area contributed by atoms with Crippen LogP contribution in [0.25, 0.3) is 0 Å². The van der Waals surface area contributed by atoms with E-state index in [9.17, 15) is 14.7 Å². The van der Waals surface area contributed by atoms with Crippen molar-refractivity contribution in [2.75, 3.05) is 19.7 Å². The van der Waals surface area contributed by atoms with Crippen LogP contribution in [-0.4, -0.2) is 65.1 Å². The van der Waals surface area contributed by atoms with Crippen LogP contribution in [0.5, 0.6) is 0 Å². The molecule has 3 N–H and O–H groups in total. The van der Waals surface area contributed by atoms with Gasteiger partial charge in [0.05, 0.1) is 18.8 Å². The second-order valence-corrected chi connectivity index (χ2v) is 5.41. The number of rotatable bonds is 5. The molecule has 7 heteroatoms. The number of urea groups is 1. The van der Waals surface area contributed by atoms with Crippen molar-refractivity contribution in [2.45, 2.75) is 50.4 Å². The predicted octanol–water partition coefficient (Wildman–Crippen LogP) is 0.175. The van der Waals surface area contributed by atoms with Crippen molar-refractivity contribution in [3.05, 3.63) is 0 Å². The Morgan fingerprint density at radius 1 is 1.30 bits per heavy atom. The third-order valence-electron chi connectivity index (χ3n) is 3.86. The Balaban J connectivity index is 1.69. The van der Waals surface area contributed by atoms with Crippen LogP contribution in [-0.2, 0) is 9.53 Å². The molecule has 114 valence electrons. The maximum atomic E-state index is 11.9. The molecule has 1 saturated heterocycles. The molecule has 20 heavy (non-hydrogen) atoms. The molecule has 0 aromatic carbocycles. The molecule has 1 saturated carbocycles. The lowest BCUT2D eigenvalue weighted by molar-refractivity contribution is -0.141. The molecular formula is C13H22N2O5. The first-order valence-electron chi connectivity index (χ1n) is 7.15. The molecule has 2 rings (SSSR count). The van der Waals surface area contributed by atoms with Crippen molar-refractivity contribution in [3.63, 3.8) is 0 Å². The monoisotopic (exact) mass is 286 g/mol. The minimum atomic E-state index is -1.08. The van der Waals surface area contributed by atoms with Gasteiger partial charge in [0, 0.05) is 19.5 Å². The van der Waals surface area contributed by atoms with Crippen LogP contribution >= 0.6 is 0 Å². The minimum Gasteiger partial charge on any atom is -0.480 e. The number of hydrogen-bond donors (Lipinski definition) is 3. The zero-order chi connectivity index (χ0) is 14.5. The number of hydrogen-bond acceptors (Lipinski definition) is 4. The highest BCUT2D eigenvalue weighted by Crippen LogP contribution is 2.20. The first-order chi connectivity index (χ1) is 9.58. The molecule has 0 aromatic heterocycles. The Hall–Kier alpha value is -1.34. The van der Waals surface area contributed by atoms with Crippen molar-refractivity contribution in [3.8, 4) is 0 Å². The Labute approximate surface area is 117 Å². The Kier molecular flexibility index (Phi) is 5.19. The molecule has 2 aliphatic rings. The van der Waals surface area contributed by atoms with E-state index in [4.69, 9.17) is 9.84 Å². The quantitative estimate of drug-likeness (QED) is 0.626. The molecule has 1 unspecified atom stereocenters. The van der Waals surface area contributed by atoms with E-state index in [1.807, 2.05) is 0 Å². The highest BCUT2D eigenvalue weighted by atomic mass is 16.5. The van der Waals surface area contributed by atoms with Crippen molar-refractivity contribution in [1.82, 2.24) is 10.2 Å². The number of β-amino-alcohol motifs (C(OH)–C–C–N with tert-alkyl or cyclic N) is 1. The van der Waals surface area contributed by atoms with Crippen molar-refractivity contribution in [2.24, 2.45) is 0 Å². The molecule has 0 aromatic rings. The Morgan fingerprint density at radius 2 is 2.00 bits per heavy atom. The van der Waals surface area contributed by atoms with Crippen LogP contribution in [0, 0.1) is 0 Å². The van der Waals surface area contributed by atoms with Gasteiger partial charge in [-0.25, -0.2) is 9.59 Å². The molecule has 1 heterocycles. The fourth-order valence-corrected chi connectivity index (χ4v) is 2.81. The highest BCUT2D eigenvalue weighted by molar-refractivity contribution is 5.83. The molecule has 0 spiro atoms. The van der Waals surface area contributed by atoms with Gasteiger partial charge >= 0.3 is 12.0 Å². The lowest BCUT2D eigenvalue weighted by Crippen LogP contribution is -2.47. The number of amides is 2. The average molecular weight is 286 g/mol. The number of ether oxygens (including phenoxy) is 1. The van der Waals surface area contributed by atoms with E-state index in [0.29, 0.717) is 19.3 Å². The van der Waals surface area contributed by atoms with Crippen molar-refractivity contribution < 1.29 is 24.5 Å². The second-order valence-electron chi connectivity index (χ2n) is 5.41. The van der Waals surface area contributed by atoms with Crippen LogP contribution in [0.3, 0.4) is 0 Å². The number of aliphatic carboxylic acids is 1. The number of carboxylic acids is 1. The van der Waals surface area contributed by atoms with Gasteiger partial charge in [0.15, 0.2) is 0 Å². The molecule has 0 bridgehead atoms. The number of carbonyl (C=O) groups excluding carboxylic acids is 1. The molecule has 0 radical (unpaired) electrons. The molecular weight excluding hydrogens is 264 g/mol. The molecule has 1 aliphatic heterocycles. The van der Waals surface area contributed by atoms with Crippen LogP contribution in [0.2, 0.25) is 0 Å². The topological polar surface area (TPSA) is 99.1 Å². The summed E-state index contributed by atoms with van der Waals surface area (Å²) in [6, 6.07) is -1.40. The highest BCUT2D eigenvalue weighted by Gasteiger charge is 2.38. The number of carbonyl (C=O) groups is 2. The maximum Gasteiger partial charge on any atom is 0.326 e. The summed E-state index contributed by atoms with van der Waals surface area (Å²) in [6.07, 6.45) is 4.16. The minimum absolute atomic E-state index is 0.0618. The van der Waals surface area contributed by atoms with Gasteiger partial charge in [-0.2, -0.15) is 0 Å². The lowest BCUT2D eigenvalue weighted by Gasteiger charge is -2.21. The summed E-state index contributed by atoms with van der Waals surface area (Å²) in [6.45, 7) is 0.852. The van der Waals surface area contributed by atoms with Gasteiger partial charge in [-0.05, 0) is 12.8 Å². The Bertz CT molecular complexity index is 357. The number of aliphatic hydroxyl groups excluding tert-OH is 1. The number of aliphatic hydroxyl groups is 1. The molecule has 2 atom stereocenters. The van der Waals surface area contributed by atoms with Crippen molar-refractivity contribution >= 4 is 12.0 Å². The summed E-state index contributed by atoms with van der Waals surface area (Å²) in [4.78, 5) is 24.1. The van der Waals surface area contributed by atoms with E-state index < -0.39 is 24.1 Å². The first-order valence-corrected chi connectivity index (χ1v) is 7.15. The van der Waals surface area contributed by atoms with E-state index in [-0.39, 0.29) is 13.0 Å². The number of nitrogens with zero attached hydrogens (tertiary/aromatic N) is 1. The second kappa shape index (κ2) is 6.90. The van der Waals surface area contributed by atoms with E-state index in [0.717, 1.165) is 12.8 Å². The zero-order valence-corrected chi connectivity index (χ0v) is 11.5. The molecule has 1 aliphatic carbocycles. The molecule has 2 fully saturated rings. The van der Waals surface area contributed by atoms with Gasteiger partial charge in [-0.3, -0.25) is 0 Å². The summed E-state index contributed by atoms with van der Waals surface area (Å²) < 4.78 is 5.61. The lowest BCUT2D eigenvalue weighted by atomic mass is 10.2. The third kappa shape index (κ3) is 3.83. The van der Waals surface area contributed by atoms with Crippen molar-refractivity contribution in [1.29, 1.82) is 0 Å².